The van der Waals surface area contributed by atoms with Crippen LogP contribution in [0.1, 0.15) is 25.3 Å². The zero-order valence-electron chi connectivity index (χ0n) is 11.8. The molecule has 0 aliphatic carbocycles. The Morgan fingerprint density at radius 1 is 1.35 bits per heavy atom. The Bertz CT molecular complexity index is 578. The molecule has 0 radical (unpaired) electrons. The summed E-state index contributed by atoms with van der Waals surface area (Å²) in [6.45, 7) is 3.84. The first kappa shape index (κ1) is 15.2. The van der Waals surface area contributed by atoms with Gasteiger partial charge in [0.2, 0.25) is 10.0 Å². The largest absolute Gasteiger partial charge is 0.243 e. The maximum atomic E-state index is 12.9. The lowest BCUT2D eigenvalue weighted by atomic mass is 10.2. The van der Waals surface area contributed by atoms with Crippen LogP contribution >= 0.6 is 0 Å². The molecule has 2 atom stereocenters. The summed E-state index contributed by atoms with van der Waals surface area (Å²) in [4.78, 5) is 0.302. The van der Waals surface area contributed by atoms with Crippen LogP contribution in [0.4, 0.5) is 4.39 Å². The molecule has 0 N–H and O–H groups in total. The zero-order valence-corrected chi connectivity index (χ0v) is 12.6. The average Bonchev–Trinajstić information content (AvgIpc) is 2.86. The summed E-state index contributed by atoms with van der Waals surface area (Å²) in [5.74, 6) is 0. The van der Waals surface area contributed by atoms with Crippen molar-refractivity contribution in [2.24, 2.45) is 0 Å². The van der Waals surface area contributed by atoms with Gasteiger partial charge in [-0.3, -0.25) is 0 Å². The first-order valence-corrected chi connectivity index (χ1v) is 8.26. The van der Waals surface area contributed by atoms with Crippen LogP contribution in [0.15, 0.2) is 41.3 Å². The molecule has 0 unspecified atom stereocenters. The highest BCUT2D eigenvalue weighted by Crippen LogP contribution is 2.27. The van der Waals surface area contributed by atoms with Gasteiger partial charge in [-0.15, -0.1) is 0 Å². The molecule has 1 fully saturated rings. The maximum Gasteiger partial charge on any atom is 0.243 e. The number of aryl methyl sites for hydroxylation is 1. The normalized spacial score (nSPS) is 22.4. The maximum absolute atomic E-state index is 12.9. The quantitative estimate of drug-likeness (QED) is 0.801. The molecular formula is C15H20FNO2S. The fraction of sp³-hybridized carbons (Fsp3) is 0.467. The molecule has 20 heavy (non-hydrogen) atoms. The molecule has 3 nitrogen and oxygen atoms in total. The second kappa shape index (κ2) is 6.06. The third kappa shape index (κ3) is 3.27. The molecule has 1 saturated heterocycles. The molecule has 1 aliphatic heterocycles. The minimum atomic E-state index is -3.49. The Balaban J connectivity index is 2.26. The van der Waals surface area contributed by atoms with Crippen molar-refractivity contribution in [3.8, 4) is 0 Å². The van der Waals surface area contributed by atoms with Crippen LogP contribution in [0.2, 0.25) is 0 Å². The summed E-state index contributed by atoms with van der Waals surface area (Å²) < 4.78 is 39.6. The third-order valence-electron chi connectivity index (χ3n) is 3.47. The highest BCUT2D eigenvalue weighted by molar-refractivity contribution is 7.89. The molecular weight excluding hydrogens is 277 g/mol. The van der Waals surface area contributed by atoms with Crippen molar-refractivity contribution in [1.82, 2.24) is 4.31 Å². The van der Waals surface area contributed by atoms with E-state index in [1.54, 1.807) is 30.3 Å². The number of alkyl halides is 1. The van der Waals surface area contributed by atoms with Crippen molar-refractivity contribution in [3.63, 3.8) is 0 Å². The SMILES string of the molecule is Cc1ccc(S(=O)(=O)N2CCC[C@@H]2/C=C/[C@@H](C)F)cc1. The van der Waals surface area contributed by atoms with Gasteiger partial charge in [-0.05, 0) is 38.8 Å². The molecule has 2 rings (SSSR count). The van der Waals surface area contributed by atoms with E-state index < -0.39 is 16.2 Å². The van der Waals surface area contributed by atoms with Crippen LogP contribution in [-0.4, -0.2) is 31.5 Å². The molecule has 110 valence electrons. The van der Waals surface area contributed by atoms with Crippen LogP contribution in [0, 0.1) is 6.92 Å². The van der Waals surface area contributed by atoms with Crippen molar-refractivity contribution < 1.29 is 12.8 Å². The predicted molar refractivity (Wildman–Crippen MR) is 77.8 cm³/mol. The minimum absolute atomic E-state index is 0.237. The van der Waals surface area contributed by atoms with E-state index in [1.807, 2.05) is 6.92 Å². The number of hydrogen-bond donors (Lipinski definition) is 0. The van der Waals surface area contributed by atoms with Crippen molar-refractivity contribution >= 4 is 10.0 Å². The molecule has 1 aromatic rings. The van der Waals surface area contributed by atoms with E-state index in [9.17, 15) is 12.8 Å². The highest BCUT2D eigenvalue weighted by Gasteiger charge is 2.33. The Kier molecular flexibility index (Phi) is 4.60. The summed E-state index contributed by atoms with van der Waals surface area (Å²) >= 11 is 0. The van der Waals surface area contributed by atoms with E-state index in [0.717, 1.165) is 18.4 Å². The van der Waals surface area contributed by atoms with Crippen LogP contribution < -0.4 is 0 Å². The van der Waals surface area contributed by atoms with E-state index in [-0.39, 0.29) is 6.04 Å². The molecule has 1 aliphatic rings. The van der Waals surface area contributed by atoms with E-state index in [0.29, 0.717) is 11.4 Å². The second-order valence-corrected chi connectivity index (χ2v) is 7.09. The number of benzene rings is 1. The van der Waals surface area contributed by atoms with Gasteiger partial charge < -0.3 is 0 Å². The molecule has 0 amide bonds. The molecule has 1 heterocycles. The summed E-state index contributed by atoms with van der Waals surface area (Å²) in [6, 6.07) is 6.59. The topological polar surface area (TPSA) is 37.4 Å². The fourth-order valence-electron chi connectivity index (χ4n) is 2.38. The van der Waals surface area contributed by atoms with Gasteiger partial charge in [0.05, 0.1) is 4.90 Å². The third-order valence-corrected chi connectivity index (χ3v) is 5.41. The first-order chi connectivity index (χ1) is 9.41. The summed E-state index contributed by atoms with van der Waals surface area (Å²) in [5.41, 5.74) is 1.02. The van der Waals surface area contributed by atoms with E-state index >= 15 is 0 Å². The monoisotopic (exact) mass is 297 g/mol. The predicted octanol–water partition coefficient (Wildman–Crippen LogP) is 3.06. The smallest absolute Gasteiger partial charge is 0.243 e. The second-order valence-electron chi connectivity index (χ2n) is 5.20. The van der Waals surface area contributed by atoms with Crippen molar-refractivity contribution in [2.75, 3.05) is 6.54 Å². The number of rotatable bonds is 4. The van der Waals surface area contributed by atoms with Gasteiger partial charge in [-0.25, -0.2) is 12.8 Å². The van der Waals surface area contributed by atoms with Crippen LogP contribution in [-0.2, 0) is 10.0 Å². The molecule has 1 aromatic carbocycles. The van der Waals surface area contributed by atoms with Gasteiger partial charge in [0.1, 0.15) is 6.17 Å². The van der Waals surface area contributed by atoms with Crippen molar-refractivity contribution in [2.45, 2.75) is 43.8 Å². The van der Waals surface area contributed by atoms with E-state index in [4.69, 9.17) is 0 Å². The van der Waals surface area contributed by atoms with Gasteiger partial charge in [-0.2, -0.15) is 4.31 Å². The van der Waals surface area contributed by atoms with Crippen LogP contribution in [0.3, 0.4) is 0 Å². The fourth-order valence-corrected chi connectivity index (χ4v) is 4.04. The van der Waals surface area contributed by atoms with E-state index in [2.05, 4.69) is 0 Å². The zero-order chi connectivity index (χ0) is 14.8. The number of sulfonamides is 1. The Labute approximate surface area is 120 Å². The van der Waals surface area contributed by atoms with Crippen LogP contribution in [0.25, 0.3) is 0 Å². The molecule has 0 saturated carbocycles. The summed E-state index contributed by atoms with van der Waals surface area (Å²) in [6.07, 6.45) is 3.59. The lowest BCUT2D eigenvalue weighted by molar-refractivity contribution is 0.414. The molecule has 0 aromatic heterocycles. The molecule has 0 bridgehead atoms. The molecule has 5 heteroatoms. The highest BCUT2D eigenvalue weighted by atomic mass is 32.2. The Morgan fingerprint density at radius 3 is 2.60 bits per heavy atom. The lowest BCUT2D eigenvalue weighted by Gasteiger charge is -2.22. The van der Waals surface area contributed by atoms with Gasteiger partial charge >= 0.3 is 0 Å². The van der Waals surface area contributed by atoms with Crippen LogP contribution in [0.5, 0.6) is 0 Å². The summed E-state index contributed by atoms with van der Waals surface area (Å²) in [5, 5.41) is 0. The number of hydrogen-bond acceptors (Lipinski definition) is 2. The van der Waals surface area contributed by atoms with Crippen molar-refractivity contribution in [3.05, 3.63) is 42.0 Å². The van der Waals surface area contributed by atoms with Crippen molar-refractivity contribution in [1.29, 1.82) is 0 Å². The Morgan fingerprint density at radius 2 is 2.00 bits per heavy atom. The van der Waals surface area contributed by atoms with Gasteiger partial charge in [0.25, 0.3) is 0 Å². The first-order valence-electron chi connectivity index (χ1n) is 6.82. The number of halogens is 1. The Hall–Kier alpha value is -1.20. The van der Waals surface area contributed by atoms with Gasteiger partial charge in [-0.1, -0.05) is 29.8 Å². The average molecular weight is 297 g/mol. The van der Waals surface area contributed by atoms with E-state index in [1.165, 1.54) is 17.3 Å². The lowest BCUT2D eigenvalue weighted by Crippen LogP contribution is -2.34. The molecule has 0 spiro atoms. The van der Waals surface area contributed by atoms with Gasteiger partial charge in [0, 0.05) is 12.6 Å². The number of nitrogens with zero attached hydrogens (tertiary/aromatic N) is 1. The minimum Gasteiger partial charge on any atom is -0.243 e. The standard InChI is InChI=1S/C15H20FNO2S/c1-12-5-9-15(10-6-12)20(18,19)17-11-3-4-14(17)8-7-13(2)16/h5-10,13-14H,3-4,11H2,1-2H3/b8-7+/t13-,14-/m1/s1. The summed E-state index contributed by atoms with van der Waals surface area (Å²) in [7, 11) is -3.49. The van der Waals surface area contributed by atoms with Gasteiger partial charge in [0.15, 0.2) is 0 Å². The number of allylic oxidation sites excluding steroid dienone is 1.